The highest BCUT2D eigenvalue weighted by molar-refractivity contribution is 7.98. The Hall–Kier alpha value is -1.01. The number of rotatable bonds is 6. The second kappa shape index (κ2) is 7.31. The molecule has 0 aliphatic heterocycles. The van der Waals surface area contributed by atoms with Crippen LogP contribution in [0.2, 0.25) is 0 Å². The number of thiophene rings is 1. The van der Waals surface area contributed by atoms with Gasteiger partial charge in [-0.05, 0) is 55.2 Å². The largest absolute Gasteiger partial charge is 0.480 e. The molecule has 2 atom stereocenters. The van der Waals surface area contributed by atoms with Gasteiger partial charge in [-0.2, -0.15) is 11.8 Å². The van der Waals surface area contributed by atoms with Gasteiger partial charge in [-0.25, -0.2) is 4.79 Å². The van der Waals surface area contributed by atoms with E-state index in [9.17, 15) is 14.7 Å². The number of fused-ring (bicyclic) bond motifs is 1. The first kappa shape index (κ1) is 16.4. The van der Waals surface area contributed by atoms with Crippen molar-refractivity contribution in [2.75, 3.05) is 12.0 Å². The molecule has 1 heterocycles. The number of nitrogens with one attached hydrogen (secondary N) is 1. The van der Waals surface area contributed by atoms with Crippen molar-refractivity contribution in [1.82, 2.24) is 5.32 Å². The lowest BCUT2D eigenvalue weighted by Crippen LogP contribution is -2.40. The SMILES string of the molecule is CSCCC(NC(=O)c1cc2c(s1)CCC(C)C2)C(=O)O. The predicted octanol–water partition coefficient (Wildman–Crippen LogP) is 2.81. The molecule has 2 unspecified atom stereocenters. The Balaban J connectivity index is 2.04. The van der Waals surface area contributed by atoms with E-state index in [4.69, 9.17) is 0 Å². The summed E-state index contributed by atoms with van der Waals surface area (Å²) in [6.07, 6.45) is 5.59. The number of carboxylic acid groups (broad SMARTS) is 1. The first-order valence-corrected chi connectivity index (χ1v) is 9.36. The summed E-state index contributed by atoms with van der Waals surface area (Å²) in [7, 11) is 0. The van der Waals surface area contributed by atoms with E-state index in [0.717, 1.165) is 18.6 Å². The zero-order valence-corrected chi connectivity index (χ0v) is 14.0. The number of amides is 1. The smallest absolute Gasteiger partial charge is 0.326 e. The lowest BCUT2D eigenvalue weighted by molar-refractivity contribution is -0.139. The van der Waals surface area contributed by atoms with Crippen molar-refractivity contribution in [2.45, 2.75) is 38.6 Å². The molecule has 1 aliphatic carbocycles. The Kier molecular flexibility index (Phi) is 5.70. The summed E-state index contributed by atoms with van der Waals surface area (Å²) >= 11 is 3.09. The quantitative estimate of drug-likeness (QED) is 0.843. The van der Waals surface area contributed by atoms with E-state index >= 15 is 0 Å². The van der Waals surface area contributed by atoms with E-state index in [1.807, 2.05) is 12.3 Å². The standard InChI is InChI=1S/C15H21NO3S2/c1-9-3-4-12-10(7-9)8-13(21-12)14(17)16-11(15(18)19)5-6-20-2/h8-9,11H,3-7H2,1-2H3,(H,16,17)(H,18,19). The number of hydrogen-bond donors (Lipinski definition) is 2. The van der Waals surface area contributed by atoms with Crippen molar-refractivity contribution < 1.29 is 14.7 Å². The molecule has 21 heavy (non-hydrogen) atoms. The van der Waals surface area contributed by atoms with Crippen LogP contribution in [0.4, 0.5) is 0 Å². The molecule has 0 saturated carbocycles. The van der Waals surface area contributed by atoms with Crippen molar-refractivity contribution in [3.05, 3.63) is 21.4 Å². The van der Waals surface area contributed by atoms with Gasteiger partial charge in [0.2, 0.25) is 0 Å². The van der Waals surface area contributed by atoms with E-state index < -0.39 is 12.0 Å². The number of carboxylic acids is 1. The van der Waals surface area contributed by atoms with E-state index in [1.54, 1.807) is 11.8 Å². The zero-order valence-electron chi connectivity index (χ0n) is 12.3. The molecule has 4 nitrogen and oxygen atoms in total. The zero-order chi connectivity index (χ0) is 15.4. The van der Waals surface area contributed by atoms with Crippen LogP contribution >= 0.6 is 23.1 Å². The fraction of sp³-hybridized carbons (Fsp3) is 0.600. The molecule has 2 rings (SSSR count). The van der Waals surface area contributed by atoms with Gasteiger partial charge in [0.25, 0.3) is 5.91 Å². The van der Waals surface area contributed by atoms with E-state index in [0.29, 0.717) is 17.2 Å². The van der Waals surface area contributed by atoms with Crippen LogP contribution in [0.1, 0.15) is 39.9 Å². The normalized spacial score (nSPS) is 18.9. The Morgan fingerprint density at radius 2 is 2.33 bits per heavy atom. The molecule has 0 fully saturated rings. The third-order valence-corrected chi connectivity index (χ3v) is 5.65. The van der Waals surface area contributed by atoms with Crippen molar-refractivity contribution in [2.24, 2.45) is 5.92 Å². The summed E-state index contributed by atoms with van der Waals surface area (Å²) in [5.41, 5.74) is 1.26. The van der Waals surface area contributed by atoms with E-state index in [1.165, 1.54) is 28.2 Å². The number of carbonyl (C=O) groups excluding carboxylic acids is 1. The number of hydrogen-bond acceptors (Lipinski definition) is 4. The minimum Gasteiger partial charge on any atom is -0.480 e. The number of aryl methyl sites for hydroxylation is 1. The summed E-state index contributed by atoms with van der Waals surface area (Å²) in [5, 5.41) is 11.8. The van der Waals surface area contributed by atoms with Crippen LogP contribution < -0.4 is 5.32 Å². The van der Waals surface area contributed by atoms with Gasteiger partial charge in [0.15, 0.2) is 0 Å². The molecule has 1 aliphatic rings. The van der Waals surface area contributed by atoms with Crippen molar-refractivity contribution >= 4 is 35.0 Å². The molecule has 0 radical (unpaired) electrons. The first-order valence-electron chi connectivity index (χ1n) is 7.15. The highest BCUT2D eigenvalue weighted by Crippen LogP contribution is 2.32. The lowest BCUT2D eigenvalue weighted by atomic mass is 9.90. The Labute approximate surface area is 133 Å². The number of carbonyl (C=O) groups is 2. The van der Waals surface area contributed by atoms with Crippen LogP contribution in [0, 0.1) is 5.92 Å². The molecule has 1 amide bonds. The molecule has 1 aromatic rings. The van der Waals surface area contributed by atoms with Gasteiger partial charge >= 0.3 is 5.97 Å². The van der Waals surface area contributed by atoms with Gasteiger partial charge < -0.3 is 10.4 Å². The monoisotopic (exact) mass is 327 g/mol. The van der Waals surface area contributed by atoms with Gasteiger partial charge in [0.05, 0.1) is 4.88 Å². The summed E-state index contributed by atoms with van der Waals surface area (Å²) in [6, 6.07) is 1.14. The third kappa shape index (κ3) is 4.23. The Morgan fingerprint density at radius 3 is 3.00 bits per heavy atom. The first-order chi connectivity index (χ1) is 10.0. The molecule has 0 spiro atoms. The van der Waals surface area contributed by atoms with Crippen molar-refractivity contribution in [3.8, 4) is 0 Å². The van der Waals surface area contributed by atoms with E-state index in [2.05, 4.69) is 12.2 Å². The fourth-order valence-electron chi connectivity index (χ4n) is 2.54. The molecule has 116 valence electrons. The molecule has 1 aromatic heterocycles. The number of aliphatic carboxylic acids is 1. The Bertz CT molecular complexity index is 527. The average Bonchev–Trinajstić information content (AvgIpc) is 2.85. The number of thioether (sulfide) groups is 1. The summed E-state index contributed by atoms with van der Waals surface area (Å²) in [5.74, 6) is 0.162. The predicted molar refractivity (Wildman–Crippen MR) is 87.4 cm³/mol. The van der Waals surface area contributed by atoms with Crippen LogP contribution in [0.3, 0.4) is 0 Å². The van der Waals surface area contributed by atoms with Crippen LogP contribution in [0.5, 0.6) is 0 Å². The van der Waals surface area contributed by atoms with Gasteiger partial charge in [0.1, 0.15) is 6.04 Å². The fourth-order valence-corrected chi connectivity index (χ4v) is 4.12. The molecule has 0 saturated heterocycles. The summed E-state index contributed by atoms with van der Waals surface area (Å²) in [6.45, 7) is 2.23. The minimum atomic E-state index is -0.965. The topological polar surface area (TPSA) is 66.4 Å². The molecule has 0 bridgehead atoms. The highest BCUT2D eigenvalue weighted by Gasteiger charge is 2.24. The van der Waals surface area contributed by atoms with Crippen molar-refractivity contribution in [1.29, 1.82) is 0 Å². The maximum absolute atomic E-state index is 12.3. The summed E-state index contributed by atoms with van der Waals surface area (Å²) in [4.78, 5) is 25.4. The molecule has 6 heteroatoms. The van der Waals surface area contributed by atoms with Gasteiger partial charge in [0, 0.05) is 4.88 Å². The molecule has 0 aromatic carbocycles. The second-order valence-electron chi connectivity index (χ2n) is 5.55. The highest BCUT2D eigenvalue weighted by atomic mass is 32.2. The molecule has 2 N–H and O–H groups in total. The maximum Gasteiger partial charge on any atom is 0.326 e. The van der Waals surface area contributed by atoms with Gasteiger partial charge in [-0.1, -0.05) is 6.92 Å². The minimum absolute atomic E-state index is 0.254. The second-order valence-corrected chi connectivity index (χ2v) is 7.68. The molecular weight excluding hydrogens is 306 g/mol. The van der Waals surface area contributed by atoms with Crippen LogP contribution in [0.25, 0.3) is 0 Å². The van der Waals surface area contributed by atoms with E-state index in [-0.39, 0.29) is 5.91 Å². The van der Waals surface area contributed by atoms with Gasteiger partial charge in [-0.15, -0.1) is 11.3 Å². The van der Waals surface area contributed by atoms with Crippen LogP contribution in [-0.2, 0) is 17.6 Å². The van der Waals surface area contributed by atoms with Crippen LogP contribution in [-0.4, -0.2) is 35.0 Å². The van der Waals surface area contributed by atoms with Gasteiger partial charge in [-0.3, -0.25) is 4.79 Å². The lowest BCUT2D eigenvalue weighted by Gasteiger charge is -2.16. The maximum atomic E-state index is 12.3. The van der Waals surface area contributed by atoms with Crippen molar-refractivity contribution in [3.63, 3.8) is 0 Å². The Morgan fingerprint density at radius 1 is 1.57 bits per heavy atom. The third-order valence-electron chi connectivity index (χ3n) is 3.77. The summed E-state index contributed by atoms with van der Waals surface area (Å²) < 4.78 is 0. The van der Waals surface area contributed by atoms with Crippen LogP contribution in [0.15, 0.2) is 6.07 Å². The molecular formula is C15H21NO3S2. The average molecular weight is 327 g/mol.